The smallest absolute Gasteiger partial charge is 0.237 e. The second-order valence-corrected chi connectivity index (χ2v) is 6.90. The lowest BCUT2D eigenvalue weighted by molar-refractivity contribution is -0.118. The van der Waals surface area contributed by atoms with Crippen molar-refractivity contribution in [3.63, 3.8) is 0 Å². The van der Waals surface area contributed by atoms with Crippen molar-refractivity contribution < 1.29 is 14.3 Å². The molecule has 0 fully saturated rings. The molecule has 2 amide bonds. The average Bonchev–Trinajstić information content (AvgIpc) is 3.02. The summed E-state index contributed by atoms with van der Waals surface area (Å²) in [7, 11) is 1.59. The van der Waals surface area contributed by atoms with Gasteiger partial charge in [0.2, 0.25) is 11.8 Å². The van der Waals surface area contributed by atoms with Crippen molar-refractivity contribution in [3.05, 3.63) is 30.1 Å². The second kappa shape index (κ2) is 9.23. The van der Waals surface area contributed by atoms with Crippen LogP contribution in [0.1, 0.15) is 26.1 Å². The first kappa shape index (κ1) is 19.8. The molecule has 0 saturated carbocycles. The number of rotatable bonds is 9. The number of nitrogens with one attached hydrogen (secondary N) is 1. The summed E-state index contributed by atoms with van der Waals surface area (Å²) in [5.74, 6) is 0.906. The lowest BCUT2D eigenvalue weighted by atomic mass is 10.3. The highest BCUT2D eigenvalue weighted by atomic mass is 32.2. The molecular formula is C17H23N5O3S. The van der Waals surface area contributed by atoms with Gasteiger partial charge in [0.25, 0.3) is 0 Å². The topological polar surface area (TPSA) is 112 Å². The summed E-state index contributed by atoms with van der Waals surface area (Å²) in [6.07, 6.45) is 0.652. The third kappa shape index (κ3) is 5.22. The Morgan fingerprint density at radius 2 is 2.00 bits per heavy atom. The third-order valence-corrected chi connectivity index (χ3v) is 4.79. The quantitative estimate of drug-likeness (QED) is 0.645. The Kier molecular flexibility index (Phi) is 7.02. The predicted octanol–water partition coefficient (Wildman–Crippen LogP) is 1.84. The molecule has 1 aromatic heterocycles. The monoisotopic (exact) mass is 377 g/mol. The van der Waals surface area contributed by atoms with E-state index in [-0.39, 0.29) is 23.5 Å². The van der Waals surface area contributed by atoms with Crippen molar-refractivity contribution in [2.45, 2.75) is 43.6 Å². The molecule has 1 atom stereocenters. The number of primary amides is 1. The van der Waals surface area contributed by atoms with Gasteiger partial charge in [-0.3, -0.25) is 9.59 Å². The molecule has 3 N–H and O–H groups in total. The van der Waals surface area contributed by atoms with Crippen LogP contribution in [0, 0.1) is 0 Å². The number of thioether (sulfide) groups is 1. The minimum Gasteiger partial charge on any atom is -0.497 e. The van der Waals surface area contributed by atoms with Gasteiger partial charge in [0.1, 0.15) is 11.6 Å². The molecule has 8 nitrogen and oxygen atoms in total. The number of hydrogen-bond donors (Lipinski definition) is 2. The summed E-state index contributed by atoms with van der Waals surface area (Å²) in [5.41, 5.74) is 5.88. The van der Waals surface area contributed by atoms with E-state index in [1.807, 2.05) is 11.5 Å². The molecule has 9 heteroatoms. The van der Waals surface area contributed by atoms with Gasteiger partial charge in [-0.05, 0) is 38.1 Å². The molecule has 0 radical (unpaired) electrons. The first-order chi connectivity index (χ1) is 12.4. The van der Waals surface area contributed by atoms with Crippen molar-refractivity contribution in [3.8, 4) is 5.75 Å². The number of ether oxygens (including phenoxy) is 1. The van der Waals surface area contributed by atoms with Crippen LogP contribution in [-0.2, 0) is 22.6 Å². The molecule has 0 bridgehead atoms. The van der Waals surface area contributed by atoms with Crippen molar-refractivity contribution in [1.82, 2.24) is 14.8 Å². The zero-order valence-corrected chi connectivity index (χ0v) is 15.9. The molecule has 0 aliphatic heterocycles. The second-order valence-electron chi connectivity index (χ2n) is 5.59. The predicted molar refractivity (Wildman–Crippen MR) is 100 cm³/mol. The molecule has 1 aromatic carbocycles. The first-order valence-corrected chi connectivity index (χ1v) is 9.14. The van der Waals surface area contributed by atoms with Gasteiger partial charge in [-0.15, -0.1) is 10.2 Å². The fraction of sp³-hybridized carbons (Fsp3) is 0.412. The normalized spacial score (nSPS) is 11.8. The Hall–Kier alpha value is -2.55. The zero-order valence-electron chi connectivity index (χ0n) is 15.1. The molecule has 0 spiro atoms. The number of methoxy groups -OCH3 is 1. The number of carbonyl (C=O) groups is 2. The molecule has 0 unspecified atom stereocenters. The van der Waals surface area contributed by atoms with Gasteiger partial charge in [0.15, 0.2) is 5.16 Å². The number of nitrogens with zero attached hydrogens (tertiary/aromatic N) is 3. The summed E-state index contributed by atoms with van der Waals surface area (Å²) >= 11 is 1.32. The van der Waals surface area contributed by atoms with Crippen molar-refractivity contribution in [2.24, 2.45) is 5.73 Å². The molecule has 0 aliphatic rings. The van der Waals surface area contributed by atoms with Crippen LogP contribution in [0.25, 0.3) is 0 Å². The van der Waals surface area contributed by atoms with Crippen LogP contribution < -0.4 is 15.8 Å². The Morgan fingerprint density at radius 1 is 1.31 bits per heavy atom. The van der Waals surface area contributed by atoms with E-state index in [0.29, 0.717) is 29.6 Å². The maximum Gasteiger partial charge on any atom is 0.237 e. The molecule has 2 aromatic rings. The van der Waals surface area contributed by atoms with E-state index in [4.69, 9.17) is 10.5 Å². The van der Waals surface area contributed by atoms with E-state index < -0.39 is 0 Å². The average molecular weight is 377 g/mol. The van der Waals surface area contributed by atoms with E-state index in [1.165, 1.54) is 11.8 Å². The van der Waals surface area contributed by atoms with E-state index in [2.05, 4.69) is 15.5 Å². The molecule has 2 rings (SSSR count). The highest BCUT2D eigenvalue weighted by Gasteiger charge is 2.20. The lowest BCUT2D eigenvalue weighted by Crippen LogP contribution is -2.23. The van der Waals surface area contributed by atoms with Crippen LogP contribution in [0.3, 0.4) is 0 Å². The van der Waals surface area contributed by atoms with E-state index in [1.54, 1.807) is 38.3 Å². The van der Waals surface area contributed by atoms with Gasteiger partial charge in [0.05, 0.1) is 12.4 Å². The number of nitrogens with two attached hydrogens (primary N) is 1. The summed E-state index contributed by atoms with van der Waals surface area (Å²) in [4.78, 5) is 23.4. The summed E-state index contributed by atoms with van der Waals surface area (Å²) in [5, 5.41) is 11.4. The highest BCUT2D eigenvalue weighted by Crippen LogP contribution is 2.24. The number of benzene rings is 1. The minimum atomic E-state index is -0.378. The standard InChI is InChI=1S/C17H23N5O3S/c1-4-22-15(10-9-14(18)23)20-21-17(22)26-11(2)16(24)19-12-5-7-13(25-3)8-6-12/h5-8,11H,4,9-10H2,1-3H3,(H2,18,23)(H,19,24)/t11-/m1/s1. The maximum atomic E-state index is 12.4. The number of carbonyl (C=O) groups excluding carboxylic acids is 2. The SMILES string of the molecule is CCn1c(CCC(N)=O)nnc1S[C@H](C)C(=O)Nc1ccc(OC)cc1. The van der Waals surface area contributed by atoms with Gasteiger partial charge in [-0.1, -0.05) is 11.8 Å². The number of amides is 2. The van der Waals surface area contributed by atoms with Crippen LogP contribution >= 0.6 is 11.8 Å². The van der Waals surface area contributed by atoms with Crippen LogP contribution in [-0.4, -0.2) is 38.9 Å². The van der Waals surface area contributed by atoms with E-state index >= 15 is 0 Å². The lowest BCUT2D eigenvalue weighted by Gasteiger charge is -2.13. The zero-order chi connectivity index (χ0) is 19.1. The van der Waals surface area contributed by atoms with Crippen molar-refractivity contribution >= 4 is 29.3 Å². The molecule has 1 heterocycles. The fourth-order valence-corrected chi connectivity index (χ4v) is 3.21. The largest absolute Gasteiger partial charge is 0.497 e. The Labute approximate surface area is 156 Å². The Balaban J connectivity index is 2.00. The number of hydrogen-bond acceptors (Lipinski definition) is 6. The summed E-state index contributed by atoms with van der Waals surface area (Å²) < 4.78 is 6.99. The Bertz CT molecular complexity index is 760. The van der Waals surface area contributed by atoms with Crippen LogP contribution in [0.15, 0.2) is 29.4 Å². The highest BCUT2D eigenvalue weighted by molar-refractivity contribution is 8.00. The van der Waals surface area contributed by atoms with Crippen LogP contribution in [0.2, 0.25) is 0 Å². The maximum absolute atomic E-state index is 12.4. The van der Waals surface area contributed by atoms with Crippen molar-refractivity contribution in [1.29, 1.82) is 0 Å². The third-order valence-electron chi connectivity index (χ3n) is 3.71. The van der Waals surface area contributed by atoms with Gasteiger partial charge in [-0.2, -0.15) is 0 Å². The number of aryl methyl sites for hydroxylation is 1. The van der Waals surface area contributed by atoms with Crippen molar-refractivity contribution in [2.75, 3.05) is 12.4 Å². The Morgan fingerprint density at radius 3 is 2.58 bits per heavy atom. The van der Waals surface area contributed by atoms with Gasteiger partial charge < -0.3 is 20.4 Å². The van der Waals surface area contributed by atoms with E-state index in [9.17, 15) is 9.59 Å². The minimum absolute atomic E-state index is 0.135. The molecule has 140 valence electrons. The van der Waals surface area contributed by atoms with Gasteiger partial charge in [-0.25, -0.2) is 0 Å². The summed E-state index contributed by atoms with van der Waals surface area (Å²) in [6, 6.07) is 7.13. The molecular weight excluding hydrogens is 354 g/mol. The van der Waals surface area contributed by atoms with Crippen LogP contribution in [0.5, 0.6) is 5.75 Å². The molecule has 0 aliphatic carbocycles. The fourth-order valence-electron chi connectivity index (χ4n) is 2.27. The molecule has 26 heavy (non-hydrogen) atoms. The van der Waals surface area contributed by atoms with E-state index in [0.717, 1.165) is 5.75 Å². The van der Waals surface area contributed by atoms with Gasteiger partial charge >= 0.3 is 0 Å². The van der Waals surface area contributed by atoms with Crippen LogP contribution in [0.4, 0.5) is 5.69 Å². The number of anilines is 1. The molecule has 0 saturated heterocycles. The first-order valence-electron chi connectivity index (χ1n) is 8.26. The number of aromatic nitrogens is 3. The van der Waals surface area contributed by atoms with Gasteiger partial charge in [0, 0.05) is 25.1 Å². The summed E-state index contributed by atoms with van der Waals surface area (Å²) in [6.45, 7) is 4.42.